The van der Waals surface area contributed by atoms with Crippen LogP contribution in [-0.2, 0) is 9.53 Å². The van der Waals surface area contributed by atoms with Crippen LogP contribution in [0, 0.1) is 11.8 Å². The standard InChI is InChI=1S/C13H21BrF3NO2/c1-20-8-11(14)5-6-18-12(19)9-3-2-4-10(7-9)13(15,16)17/h9-11H,2-8H2,1H3,(H,18,19). The molecule has 7 heteroatoms. The van der Waals surface area contributed by atoms with Crippen LogP contribution in [0.25, 0.3) is 0 Å². The van der Waals surface area contributed by atoms with E-state index in [-0.39, 0.29) is 23.6 Å². The lowest BCUT2D eigenvalue weighted by atomic mass is 9.80. The third-order valence-corrected chi connectivity index (χ3v) is 4.33. The first-order chi connectivity index (χ1) is 9.34. The molecule has 118 valence electrons. The van der Waals surface area contributed by atoms with E-state index in [1.165, 1.54) is 0 Å². The molecule has 0 aliphatic heterocycles. The van der Waals surface area contributed by atoms with Crippen molar-refractivity contribution < 1.29 is 22.7 Å². The lowest BCUT2D eigenvalue weighted by molar-refractivity contribution is -0.186. The average Bonchev–Trinajstić information content (AvgIpc) is 2.38. The summed E-state index contributed by atoms with van der Waals surface area (Å²) in [5.74, 6) is -2.09. The molecule has 0 aromatic carbocycles. The Morgan fingerprint density at radius 3 is 2.75 bits per heavy atom. The molecule has 0 heterocycles. The van der Waals surface area contributed by atoms with Gasteiger partial charge in [0, 0.05) is 24.4 Å². The van der Waals surface area contributed by atoms with Crippen LogP contribution in [0.15, 0.2) is 0 Å². The highest BCUT2D eigenvalue weighted by Crippen LogP contribution is 2.39. The highest BCUT2D eigenvalue weighted by atomic mass is 79.9. The molecule has 3 atom stereocenters. The molecule has 0 radical (unpaired) electrons. The van der Waals surface area contributed by atoms with Gasteiger partial charge in [0.15, 0.2) is 0 Å². The van der Waals surface area contributed by atoms with E-state index in [1.807, 2.05) is 0 Å². The number of methoxy groups -OCH3 is 1. The summed E-state index contributed by atoms with van der Waals surface area (Å²) in [5.41, 5.74) is 0. The van der Waals surface area contributed by atoms with Crippen molar-refractivity contribution in [2.45, 2.75) is 43.1 Å². The number of rotatable bonds is 6. The minimum absolute atomic E-state index is 0.0782. The van der Waals surface area contributed by atoms with E-state index in [4.69, 9.17) is 4.74 Å². The van der Waals surface area contributed by atoms with Gasteiger partial charge in [-0.3, -0.25) is 4.79 Å². The van der Waals surface area contributed by atoms with Crippen LogP contribution >= 0.6 is 15.9 Å². The molecule has 1 N–H and O–H groups in total. The van der Waals surface area contributed by atoms with Crippen molar-refractivity contribution in [1.29, 1.82) is 0 Å². The van der Waals surface area contributed by atoms with E-state index >= 15 is 0 Å². The lowest BCUT2D eigenvalue weighted by Crippen LogP contribution is -2.38. The van der Waals surface area contributed by atoms with Crippen LogP contribution in [0.2, 0.25) is 0 Å². The summed E-state index contributed by atoms with van der Waals surface area (Å²) in [6.07, 6.45) is -2.41. The number of hydrogen-bond donors (Lipinski definition) is 1. The number of alkyl halides is 4. The van der Waals surface area contributed by atoms with Gasteiger partial charge < -0.3 is 10.1 Å². The summed E-state index contributed by atoms with van der Waals surface area (Å²) in [4.78, 5) is 12.0. The van der Waals surface area contributed by atoms with Crippen molar-refractivity contribution in [3.63, 3.8) is 0 Å². The fraction of sp³-hybridized carbons (Fsp3) is 0.923. The molecule has 3 nitrogen and oxygen atoms in total. The monoisotopic (exact) mass is 359 g/mol. The van der Waals surface area contributed by atoms with Crippen LogP contribution in [0.5, 0.6) is 0 Å². The van der Waals surface area contributed by atoms with Gasteiger partial charge in [-0.05, 0) is 25.7 Å². The molecule has 1 amide bonds. The van der Waals surface area contributed by atoms with Gasteiger partial charge in [-0.1, -0.05) is 22.4 Å². The molecule has 1 saturated carbocycles. The Balaban J connectivity index is 2.32. The average molecular weight is 360 g/mol. The fourth-order valence-electron chi connectivity index (χ4n) is 2.49. The minimum Gasteiger partial charge on any atom is -0.384 e. The van der Waals surface area contributed by atoms with E-state index < -0.39 is 18.0 Å². The normalized spacial score (nSPS) is 25.2. The largest absolute Gasteiger partial charge is 0.391 e. The third-order valence-electron chi connectivity index (χ3n) is 3.61. The first kappa shape index (κ1) is 17.8. The highest BCUT2D eigenvalue weighted by Gasteiger charge is 2.43. The quantitative estimate of drug-likeness (QED) is 0.739. The molecule has 0 saturated heterocycles. The smallest absolute Gasteiger partial charge is 0.384 e. The zero-order chi connectivity index (χ0) is 15.2. The number of carbonyl (C=O) groups is 1. The first-order valence-corrected chi connectivity index (χ1v) is 7.73. The van der Waals surface area contributed by atoms with E-state index in [9.17, 15) is 18.0 Å². The van der Waals surface area contributed by atoms with E-state index in [1.54, 1.807) is 7.11 Å². The van der Waals surface area contributed by atoms with Gasteiger partial charge in [0.25, 0.3) is 0 Å². The Morgan fingerprint density at radius 1 is 1.45 bits per heavy atom. The molecule has 0 aromatic heterocycles. The molecule has 3 unspecified atom stereocenters. The van der Waals surface area contributed by atoms with Gasteiger partial charge in [-0.25, -0.2) is 0 Å². The zero-order valence-electron chi connectivity index (χ0n) is 11.5. The van der Waals surface area contributed by atoms with Crippen LogP contribution < -0.4 is 5.32 Å². The molecule has 1 aliphatic carbocycles. The van der Waals surface area contributed by atoms with Crippen molar-refractivity contribution >= 4 is 21.8 Å². The Morgan fingerprint density at radius 2 is 2.15 bits per heavy atom. The number of amides is 1. The van der Waals surface area contributed by atoms with Crippen LogP contribution in [0.1, 0.15) is 32.1 Å². The Labute approximate surface area is 125 Å². The van der Waals surface area contributed by atoms with Crippen molar-refractivity contribution in [2.24, 2.45) is 11.8 Å². The second kappa shape index (κ2) is 8.22. The Kier molecular flexibility index (Phi) is 7.29. The summed E-state index contributed by atoms with van der Waals surface area (Å²) < 4.78 is 43.0. The number of nitrogens with one attached hydrogen (secondary N) is 1. The van der Waals surface area contributed by atoms with E-state index in [0.717, 1.165) is 0 Å². The molecule has 1 rings (SSSR count). The highest BCUT2D eigenvalue weighted by molar-refractivity contribution is 9.09. The number of ether oxygens (including phenoxy) is 1. The van der Waals surface area contributed by atoms with Crippen LogP contribution in [0.3, 0.4) is 0 Å². The maximum atomic E-state index is 12.7. The number of halogens is 4. The van der Waals surface area contributed by atoms with E-state index in [2.05, 4.69) is 21.2 Å². The predicted octanol–water partition coefficient (Wildman–Crippen LogP) is 3.27. The molecule has 0 aromatic rings. The Hall–Kier alpha value is -0.300. The first-order valence-electron chi connectivity index (χ1n) is 6.82. The number of carbonyl (C=O) groups excluding carboxylic acids is 1. The van der Waals surface area contributed by atoms with Gasteiger partial charge >= 0.3 is 6.18 Å². The SMILES string of the molecule is COCC(Br)CCNC(=O)C1CCCC(C(F)(F)F)C1. The maximum Gasteiger partial charge on any atom is 0.391 e. The summed E-state index contributed by atoms with van der Waals surface area (Å²) in [6.45, 7) is 0.987. The molecule has 0 bridgehead atoms. The summed E-state index contributed by atoms with van der Waals surface area (Å²) in [7, 11) is 1.59. The van der Waals surface area contributed by atoms with Gasteiger partial charge in [0.1, 0.15) is 0 Å². The molecular weight excluding hydrogens is 339 g/mol. The third kappa shape index (κ3) is 5.99. The number of hydrogen-bond acceptors (Lipinski definition) is 2. The van der Waals surface area contributed by atoms with Crippen molar-refractivity contribution in [2.75, 3.05) is 20.3 Å². The van der Waals surface area contributed by atoms with Gasteiger partial charge in [0.2, 0.25) is 5.91 Å². The van der Waals surface area contributed by atoms with Crippen molar-refractivity contribution in [1.82, 2.24) is 5.32 Å². The van der Waals surface area contributed by atoms with E-state index in [0.29, 0.717) is 32.4 Å². The summed E-state index contributed by atoms with van der Waals surface area (Å²) >= 11 is 3.39. The van der Waals surface area contributed by atoms with Crippen molar-refractivity contribution in [3.05, 3.63) is 0 Å². The molecule has 0 spiro atoms. The van der Waals surface area contributed by atoms with Gasteiger partial charge in [-0.2, -0.15) is 13.2 Å². The Bertz CT molecular complexity index is 312. The topological polar surface area (TPSA) is 38.3 Å². The molecular formula is C13H21BrF3NO2. The maximum absolute atomic E-state index is 12.7. The zero-order valence-corrected chi connectivity index (χ0v) is 13.1. The second-order valence-electron chi connectivity index (χ2n) is 5.23. The fourth-order valence-corrected chi connectivity index (χ4v) is 2.98. The minimum atomic E-state index is -4.18. The summed E-state index contributed by atoms with van der Waals surface area (Å²) in [5, 5.41) is 2.72. The molecule has 1 fully saturated rings. The predicted molar refractivity (Wildman–Crippen MR) is 73.7 cm³/mol. The van der Waals surface area contributed by atoms with Gasteiger partial charge in [0.05, 0.1) is 12.5 Å². The summed E-state index contributed by atoms with van der Waals surface area (Å²) in [6, 6.07) is 0. The van der Waals surface area contributed by atoms with Crippen LogP contribution in [-0.4, -0.2) is 37.2 Å². The second-order valence-corrected chi connectivity index (χ2v) is 6.53. The molecule has 20 heavy (non-hydrogen) atoms. The lowest BCUT2D eigenvalue weighted by Gasteiger charge is -2.29. The van der Waals surface area contributed by atoms with Crippen molar-refractivity contribution in [3.8, 4) is 0 Å². The van der Waals surface area contributed by atoms with Crippen LogP contribution in [0.4, 0.5) is 13.2 Å². The van der Waals surface area contributed by atoms with Gasteiger partial charge in [-0.15, -0.1) is 0 Å². The molecule has 1 aliphatic rings.